The fraction of sp³-hybridized carbons (Fsp3) is 0.190. The third-order valence-corrected chi connectivity index (χ3v) is 5.87. The summed E-state index contributed by atoms with van der Waals surface area (Å²) < 4.78 is 1.73. The van der Waals surface area contributed by atoms with Gasteiger partial charge in [-0.05, 0) is 36.6 Å². The number of aromatic nitrogens is 1. The number of carbonyl (C=O) groups is 1. The Morgan fingerprint density at radius 3 is 2.38 bits per heavy atom. The van der Waals surface area contributed by atoms with Gasteiger partial charge in [-0.2, -0.15) is 0 Å². The molecule has 2 aromatic carbocycles. The summed E-state index contributed by atoms with van der Waals surface area (Å²) in [7, 11) is 0. The Balaban J connectivity index is 2.12. The van der Waals surface area contributed by atoms with Crippen LogP contribution in [0, 0.1) is 0 Å². The van der Waals surface area contributed by atoms with Crippen LogP contribution in [0.3, 0.4) is 0 Å². The molecule has 1 aliphatic heterocycles. The van der Waals surface area contributed by atoms with Gasteiger partial charge in [-0.25, -0.2) is 0 Å². The average Bonchev–Trinajstić information content (AvgIpc) is 2.97. The zero-order valence-corrected chi connectivity index (χ0v) is 14.9. The Hall–Kier alpha value is -2.26. The highest BCUT2D eigenvalue weighted by Crippen LogP contribution is 2.55. The van der Waals surface area contributed by atoms with Crippen LogP contribution in [0.25, 0.3) is 22.4 Å². The van der Waals surface area contributed by atoms with Crippen molar-refractivity contribution in [3.63, 3.8) is 0 Å². The van der Waals surface area contributed by atoms with E-state index in [1.807, 2.05) is 40.7 Å². The van der Waals surface area contributed by atoms with Gasteiger partial charge >= 0.3 is 0 Å². The molecule has 24 heavy (non-hydrogen) atoms. The van der Waals surface area contributed by atoms with Crippen molar-refractivity contribution < 1.29 is 4.79 Å². The largest absolute Gasteiger partial charge is 0.287 e. The minimum absolute atomic E-state index is 0.0431. The predicted molar refractivity (Wildman–Crippen MR) is 100 cm³/mol. The first-order chi connectivity index (χ1) is 11.5. The fourth-order valence-electron chi connectivity index (χ4n) is 3.46. The highest BCUT2D eigenvalue weighted by atomic mass is 32.2. The molecule has 0 amide bonds. The van der Waals surface area contributed by atoms with E-state index in [4.69, 9.17) is 0 Å². The number of fused-ring (bicyclic) bond motifs is 3. The van der Waals surface area contributed by atoms with Crippen molar-refractivity contribution in [3.8, 4) is 22.4 Å². The van der Waals surface area contributed by atoms with E-state index in [1.54, 1.807) is 6.92 Å². The molecule has 0 saturated carbocycles. The lowest BCUT2D eigenvalue weighted by Gasteiger charge is -2.31. The number of thioether (sulfide) groups is 1. The standard InChI is InChI=1S/C21H19NOS/c1-14(23)22-13-17-19(20(22)15-9-5-4-6-10-15)16-11-7-8-12-18(16)24-21(17,2)3/h4-13H,1-3H3. The van der Waals surface area contributed by atoms with Crippen LogP contribution in [0.5, 0.6) is 0 Å². The summed E-state index contributed by atoms with van der Waals surface area (Å²) in [6.45, 7) is 6.08. The van der Waals surface area contributed by atoms with Crippen LogP contribution in [0.2, 0.25) is 0 Å². The van der Waals surface area contributed by atoms with Gasteiger partial charge in [-0.3, -0.25) is 9.36 Å². The van der Waals surface area contributed by atoms with Crippen molar-refractivity contribution in [2.45, 2.75) is 30.4 Å². The lowest BCUT2D eigenvalue weighted by atomic mass is 9.91. The lowest BCUT2D eigenvalue weighted by molar-refractivity contribution is 0.0938. The van der Waals surface area contributed by atoms with Crippen molar-refractivity contribution in [1.82, 2.24) is 4.57 Å². The van der Waals surface area contributed by atoms with E-state index in [9.17, 15) is 4.79 Å². The van der Waals surface area contributed by atoms with Gasteiger partial charge in [-0.1, -0.05) is 48.5 Å². The Kier molecular flexibility index (Phi) is 3.43. The van der Waals surface area contributed by atoms with Crippen molar-refractivity contribution in [1.29, 1.82) is 0 Å². The van der Waals surface area contributed by atoms with E-state index < -0.39 is 0 Å². The van der Waals surface area contributed by atoms with Crippen LogP contribution in [-0.4, -0.2) is 10.5 Å². The summed E-state index contributed by atoms with van der Waals surface area (Å²) in [6, 6.07) is 18.7. The molecular weight excluding hydrogens is 314 g/mol. The van der Waals surface area contributed by atoms with Crippen molar-refractivity contribution in [3.05, 3.63) is 66.4 Å². The molecule has 0 spiro atoms. The second-order valence-corrected chi connectivity index (χ2v) is 8.29. The molecule has 3 heteroatoms. The van der Waals surface area contributed by atoms with E-state index in [0.717, 1.165) is 11.3 Å². The molecule has 0 bridgehead atoms. The number of hydrogen-bond acceptors (Lipinski definition) is 2. The molecule has 0 saturated heterocycles. The molecule has 3 aromatic rings. The molecule has 0 unspecified atom stereocenters. The van der Waals surface area contributed by atoms with Crippen LogP contribution in [-0.2, 0) is 4.75 Å². The molecule has 2 nitrogen and oxygen atoms in total. The van der Waals surface area contributed by atoms with Crippen LogP contribution < -0.4 is 0 Å². The zero-order chi connectivity index (χ0) is 16.9. The second kappa shape index (κ2) is 5.38. The van der Waals surface area contributed by atoms with Crippen molar-refractivity contribution in [2.24, 2.45) is 0 Å². The Morgan fingerprint density at radius 2 is 1.67 bits per heavy atom. The molecule has 1 aromatic heterocycles. The van der Waals surface area contributed by atoms with E-state index >= 15 is 0 Å². The highest BCUT2D eigenvalue weighted by molar-refractivity contribution is 8.00. The minimum Gasteiger partial charge on any atom is -0.287 e. The molecule has 0 N–H and O–H groups in total. The van der Waals surface area contributed by atoms with Crippen LogP contribution in [0.4, 0.5) is 0 Å². The summed E-state index contributed by atoms with van der Waals surface area (Å²) in [5.41, 5.74) is 5.71. The number of carbonyl (C=O) groups excluding carboxylic acids is 1. The minimum atomic E-state index is -0.0755. The molecule has 0 radical (unpaired) electrons. The van der Waals surface area contributed by atoms with Gasteiger partial charge in [0.25, 0.3) is 0 Å². The summed E-state index contributed by atoms with van der Waals surface area (Å²) in [5.74, 6) is 0.0431. The summed E-state index contributed by atoms with van der Waals surface area (Å²) >= 11 is 1.86. The number of nitrogens with zero attached hydrogens (tertiary/aromatic N) is 1. The Labute approximate surface area is 146 Å². The quantitative estimate of drug-likeness (QED) is 0.559. The van der Waals surface area contributed by atoms with Crippen LogP contribution >= 0.6 is 11.8 Å². The number of hydrogen-bond donors (Lipinski definition) is 0. The molecule has 0 fully saturated rings. The maximum absolute atomic E-state index is 12.3. The van der Waals surface area contributed by atoms with E-state index in [0.29, 0.717) is 0 Å². The maximum Gasteiger partial charge on any atom is 0.227 e. The van der Waals surface area contributed by atoms with Gasteiger partial charge in [0.15, 0.2) is 0 Å². The van der Waals surface area contributed by atoms with E-state index in [2.05, 4.69) is 50.2 Å². The Morgan fingerprint density at radius 1 is 1.00 bits per heavy atom. The fourth-order valence-corrected chi connectivity index (χ4v) is 4.70. The normalized spacial score (nSPS) is 14.8. The van der Waals surface area contributed by atoms with Crippen molar-refractivity contribution >= 4 is 17.7 Å². The van der Waals surface area contributed by atoms with E-state index in [-0.39, 0.29) is 10.7 Å². The highest BCUT2D eigenvalue weighted by Gasteiger charge is 2.36. The third-order valence-electron chi connectivity index (χ3n) is 4.56. The number of benzene rings is 2. The lowest BCUT2D eigenvalue weighted by Crippen LogP contribution is -2.15. The molecule has 120 valence electrons. The first-order valence-corrected chi connectivity index (χ1v) is 8.91. The topological polar surface area (TPSA) is 22.0 Å². The summed E-state index contributed by atoms with van der Waals surface area (Å²) in [5, 5.41) is 0. The Bertz CT molecular complexity index is 938. The first-order valence-electron chi connectivity index (χ1n) is 8.09. The van der Waals surface area contributed by atoms with Gasteiger partial charge in [-0.15, -0.1) is 11.8 Å². The monoisotopic (exact) mass is 333 g/mol. The van der Waals surface area contributed by atoms with Crippen LogP contribution in [0.1, 0.15) is 31.1 Å². The van der Waals surface area contributed by atoms with Gasteiger partial charge in [0.1, 0.15) is 0 Å². The molecule has 0 atom stereocenters. The van der Waals surface area contributed by atoms with Crippen molar-refractivity contribution in [2.75, 3.05) is 0 Å². The average molecular weight is 333 g/mol. The van der Waals surface area contributed by atoms with Gasteiger partial charge in [0.05, 0.1) is 5.69 Å². The molecule has 4 rings (SSSR count). The predicted octanol–water partition coefficient (Wildman–Crippen LogP) is 5.82. The third kappa shape index (κ3) is 2.23. The second-order valence-electron chi connectivity index (χ2n) is 6.63. The molecule has 1 aliphatic rings. The molecular formula is C21H19NOS. The number of rotatable bonds is 1. The molecule has 2 heterocycles. The summed E-state index contributed by atoms with van der Waals surface area (Å²) in [6.07, 6.45) is 2.03. The van der Waals surface area contributed by atoms with Gasteiger partial charge in [0, 0.05) is 28.3 Å². The smallest absolute Gasteiger partial charge is 0.227 e. The first kappa shape index (κ1) is 15.3. The molecule has 0 aliphatic carbocycles. The summed E-state index contributed by atoms with van der Waals surface area (Å²) in [4.78, 5) is 13.6. The van der Waals surface area contributed by atoms with Crippen LogP contribution in [0.15, 0.2) is 65.7 Å². The van der Waals surface area contributed by atoms with E-state index in [1.165, 1.54) is 21.6 Å². The SMILES string of the molecule is CC(=O)n1cc2c(c1-c1ccccc1)-c1ccccc1SC2(C)C. The zero-order valence-electron chi connectivity index (χ0n) is 14.0. The van der Waals surface area contributed by atoms with Gasteiger partial charge in [0.2, 0.25) is 5.91 Å². The van der Waals surface area contributed by atoms with Gasteiger partial charge < -0.3 is 0 Å². The maximum atomic E-state index is 12.3.